The molecule has 0 radical (unpaired) electrons. The summed E-state index contributed by atoms with van der Waals surface area (Å²) in [5.41, 5.74) is 0.476. The van der Waals surface area contributed by atoms with Crippen molar-refractivity contribution in [3.8, 4) is 5.88 Å². The minimum atomic E-state index is -2.86. The van der Waals surface area contributed by atoms with E-state index in [0.717, 1.165) is 11.3 Å². The average molecular weight is 389 g/mol. The number of ether oxygens (including phenoxy) is 2. The molecule has 2 aromatic heterocycles. The number of methoxy groups -OCH3 is 2. The number of alkyl halides is 2. The van der Waals surface area contributed by atoms with Gasteiger partial charge in [-0.3, -0.25) is 4.79 Å². The highest BCUT2D eigenvalue weighted by Gasteiger charge is 2.27. The molecule has 11 heteroatoms. The molecule has 0 fully saturated rings. The number of fused-ring (bicyclic) bond motifs is 1. The number of rotatable bonds is 8. The Hall–Kier alpha value is -2.40. The van der Waals surface area contributed by atoms with E-state index in [1.165, 1.54) is 14.2 Å². The van der Waals surface area contributed by atoms with E-state index in [9.17, 15) is 18.4 Å². The monoisotopic (exact) mass is 389 g/mol. The fourth-order valence-corrected chi connectivity index (χ4v) is 3.42. The van der Waals surface area contributed by atoms with Crippen molar-refractivity contribution in [3.63, 3.8) is 0 Å². The van der Waals surface area contributed by atoms with E-state index in [-0.39, 0.29) is 17.4 Å². The number of hydrogen-bond acceptors (Lipinski definition) is 7. The smallest absolute Gasteiger partial charge is 0.326 e. The molecule has 0 saturated carbocycles. The number of nitrogens with zero attached hydrogens (tertiary/aromatic N) is 2. The highest BCUT2D eigenvalue weighted by Crippen LogP contribution is 2.35. The topological polar surface area (TPSA) is 111 Å². The molecule has 142 valence electrons. The van der Waals surface area contributed by atoms with E-state index in [4.69, 9.17) is 14.6 Å². The molecular weight excluding hydrogens is 372 g/mol. The first kappa shape index (κ1) is 19.9. The second-order valence-electron chi connectivity index (χ2n) is 5.31. The van der Waals surface area contributed by atoms with Crippen LogP contribution >= 0.6 is 11.3 Å². The summed E-state index contributed by atoms with van der Waals surface area (Å²) in [6.45, 7) is 1.76. The van der Waals surface area contributed by atoms with Crippen molar-refractivity contribution in [1.82, 2.24) is 15.3 Å². The van der Waals surface area contributed by atoms with Crippen LogP contribution in [0.2, 0.25) is 0 Å². The van der Waals surface area contributed by atoms with Gasteiger partial charge in [0.25, 0.3) is 5.91 Å². The number of thiophene rings is 1. The molecule has 1 unspecified atom stereocenters. The number of aromatic nitrogens is 2. The van der Waals surface area contributed by atoms with Crippen LogP contribution in [0.25, 0.3) is 10.2 Å². The Morgan fingerprint density at radius 2 is 2.00 bits per heavy atom. The van der Waals surface area contributed by atoms with Gasteiger partial charge in [0.2, 0.25) is 12.3 Å². The highest BCUT2D eigenvalue weighted by atomic mass is 32.1. The number of carbonyl (C=O) groups excluding carboxylic acids is 1. The maximum absolute atomic E-state index is 12.5. The summed E-state index contributed by atoms with van der Waals surface area (Å²) >= 11 is 0.995. The molecule has 2 heterocycles. The number of aryl methyl sites for hydroxylation is 1. The number of nitrogens with one attached hydrogen (secondary N) is 1. The number of hydrogen-bond donors (Lipinski definition) is 2. The largest absolute Gasteiger partial charge is 0.480 e. The van der Waals surface area contributed by atoms with Crippen molar-refractivity contribution in [2.75, 3.05) is 14.2 Å². The second kappa shape index (κ2) is 8.32. The quantitative estimate of drug-likeness (QED) is 0.710. The minimum absolute atomic E-state index is 0.139. The number of carbonyl (C=O) groups is 2. The zero-order valence-corrected chi connectivity index (χ0v) is 15.0. The third kappa shape index (κ3) is 4.22. The Morgan fingerprint density at radius 3 is 2.54 bits per heavy atom. The van der Waals surface area contributed by atoms with Crippen molar-refractivity contribution in [2.24, 2.45) is 0 Å². The van der Waals surface area contributed by atoms with Crippen LogP contribution in [0.5, 0.6) is 5.88 Å². The average Bonchev–Trinajstić information content (AvgIpc) is 2.90. The molecule has 0 aliphatic heterocycles. The van der Waals surface area contributed by atoms with E-state index in [1.807, 2.05) is 0 Å². The van der Waals surface area contributed by atoms with Crippen molar-refractivity contribution in [1.29, 1.82) is 0 Å². The fourth-order valence-electron chi connectivity index (χ4n) is 2.33. The molecule has 0 bridgehead atoms. The van der Waals surface area contributed by atoms with Crippen LogP contribution < -0.4 is 10.1 Å². The van der Waals surface area contributed by atoms with Crippen LogP contribution in [0.1, 0.15) is 27.5 Å². The zero-order chi connectivity index (χ0) is 19.4. The Bertz CT molecular complexity index is 827. The van der Waals surface area contributed by atoms with Crippen LogP contribution in [0, 0.1) is 6.92 Å². The third-order valence-corrected chi connectivity index (χ3v) is 4.68. The number of carboxylic acids is 1. The van der Waals surface area contributed by atoms with E-state index < -0.39 is 30.8 Å². The van der Waals surface area contributed by atoms with Gasteiger partial charge in [0.15, 0.2) is 5.82 Å². The summed E-state index contributed by atoms with van der Waals surface area (Å²) < 4.78 is 35.2. The van der Waals surface area contributed by atoms with Crippen molar-refractivity contribution in [2.45, 2.75) is 32.4 Å². The van der Waals surface area contributed by atoms with Gasteiger partial charge in [-0.05, 0) is 12.5 Å². The highest BCUT2D eigenvalue weighted by molar-refractivity contribution is 7.20. The SMILES string of the molecule is COCc1nc(OC)c2c(C)c(C(=O)NC(CC(F)F)C(=O)O)sc2n1. The molecule has 26 heavy (non-hydrogen) atoms. The molecule has 1 atom stereocenters. The van der Waals surface area contributed by atoms with Gasteiger partial charge in [-0.15, -0.1) is 11.3 Å². The molecule has 2 N–H and O–H groups in total. The van der Waals surface area contributed by atoms with Crippen LogP contribution in [0.15, 0.2) is 0 Å². The summed E-state index contributed by atoms with van der Waals surface area (Å²) in [6, 6.07) is -1.69. The predicted octanol–water partition coefficient (Wildman–Crippen LogP) is 1.99. The Labute approximate surface area is 151 Å². The molecular formula is C15H17F2N3O5S. The first-order valence-corrected chi connectivity index (χ1v) is 8.24. The number of aliphatic carboxylic acids is 1. The van der Waals surface area contributed by atoms with Gasteiger partial charge in [-0.2, -0.15) is 4.98 Å². The summed E-state index contributed by atoms with van der Waals surface area (Å²) in [5.74, 6) is -1.70. The second-order valence-corrected chi connectivity index (χ2v) is 6.31. The summed E-state index contributed by atoms with van der Waals surface area (Å²) in [4.78, 5) is 32.6. The van der Waals surface area contributed by atoms with Crippen LogP contribution in [-0.2, 0) is 16.1 Å². The Kier molecular flexibility index (Phi) is 6.37. The van der Waals surface area contributed by atoms with Gasteiger partial charge in [0, 0.05) is 13.5 Å². The van der Waals surface area contributed by atoms with Gasteiger partial charge in [0.1, 0.15) is 17.5 Å². The normalized spacial score (nSPS) is 12.4. The Morgan fingerprint density at radius 1 is 1.31 bits per heavy atom. The van der Waals surface area contributed by atoms with Gasteiger partial charge < -0.3 is 19.9 Å². The van der Waals surface area contributed by atoms with Crippen molar-refractivity contribution < 1.29 is 33.0 Å². The standard InChI is InChI=1S/C15H17F2N3O5S/c1-6-10-13(25-3)19-9(5-24-2)20-14(10)26-11(6)12(21)18-7(15(22)23)4-8(16)17/h7-8H,4-5H2,1-3H3,(H,18,21)(H,22,23). The summed E-state index contributed by atoms with van der Waals surface area (Å²) in [7, 11) is 2.89. The Balaban J connectivity index is 2.41. The van der Waals surface area contributed by atoms with Crippen LogP contribution in [-0.4, -0.2) is 53.6 Å². The maximum atomic E-state index is 12.5. The van der Waals surface area contributed by atoms with Crippen LogP contribution in [0.3, 0.4) is 0 Å². The lowest BCUT2D eigenvalue weighted by Crippen LogP contribution is -2.41. The molecule has 0 aliphatic carbocycles. The fraction of sp³-hybridized carbons (Fsp3) is 0.467. The molecule has 0 spiro atoms. The lowest BCUT2D eigenvalue weighted by molar-refractivity contribution is -0.140. The molecule has 0 aliphatic rings. The lowest BCUT2D eigenvalue weighted by atomic mass is 10.1. The summed E-state index contributed by atoms with van der Waals surface area (Å²) in [6.07, 6.45) is -3.84. The molecule has 1 amide bonds. The molecule has 8 nitrogen and oxygen atoms in total. The predicted molar refractivity (Wildman–Crippen MR) is 88.9 cm³/mol. The van der Waals surface area contributed by atoms with E-state index >= 15 is 0 Å². The van der Waals surface area contributed by atoms with E-state index in [1.54, 1.807) is 6.92 Å². The first-order valence-electron chi connectivity index (χ1n) is 7.43. The van der Waals surface area contributed by atoms with Gasteiger partial charge in [-0.1, -0.05) is 0 Å². The molecule has 0 saturated heterocycles. The number of amides is 1. The number of halogens is 2. The summed E-state index contributed by atoms with van der Waals surface area (Å²) in [5, 5.41) is 11.6. The van der Waals surface area contributed by atoms with E-state index in [2.05, 4.69) is 15.3 Å². The van der Waals surface area contributed by atoms with Gasteiger partial charge in [-0.25, -0.2) is 18.6 Å². The lowest BCUT2D eigenvalue weighted by Gasteiger charge is -2.13. The molecule has 0 aromatic carbocycles. The zero-order valence-electron chi connectivity index (χ0n) is 14.2. The van der Waals surface area contributed by atoms with E-state index in [0.29, 0.717) is 21.6 Å². The first-order chi connectivity index (χ1) is 12.3. The third-order valence-electron chi connectivity index (χ3n) is 3.49. The minimum Gasteiger partial charge on any atom is -0.480 e. The van der Waals surface area contributed by atoms with Crippen molar-refractivity contribution in [3.05, 3.63) is 16.3 Å². The van der Waals surface area contributed by atoms with Crippen molar-refractivity contribution >= 4 is 33.4 Å². The maximum Gasteiger partial charge on any atom is 0.326 e. The van der Waals surface area contributed by atoms with Gasteiger partial charge >= 0.3 is 5.97 Å². The molecule has 2 rings (SSSR count). The van der Waals surface area contributed by atoms with Crippen LogP contribution in [0.4, 0.5) is 8.78 Å². The van der Waals surface area contributed by atoms with Gasteiger partial charge in [0.05, 0.1) is 17.4 Å². The number of carboxylic acid groups (broad SMARTS) is 1. The molecule has 2 aromatic rings.